The summed E-state index contributed by atoms with van der Waals surface area (Å²) in [5, 5.41) is 19.1. The normalized spacial score (nSPS) is 15.4. The Kier molecular flexibility index (Phi) is 4.68. The highest BCUT2D eigenvalue weighted by Crippen LogP contribution is 2.46. The molecule has 0 bridgehead atoms. The molecule has 0 radical (unpaired) electrons. The van der Waals surface area contributed by atoms with Crippen molar-refractivity contribution in [3.8, 4) is 16.5 Å². The highest BCUT2D eigenvalue weighted by atomic mass is 32.1. The van der Waals surface area contributed by atoms with Crippen LogP contribution in [0.2, 0.25) is 0 Å². The number of hydrogen-bond donors (Lipinski definition) is 1. The first-order valence-corrected chi connectivity index (χ1v) is 9.08. The molecule has 130 valence electrons. The van der Waals surface area contributed by atoms with Crippen LogP contribution in [0.1, 0.15) is 52.2 Å². The fourth-order valence-electron chi connectivity index (χ4n) is 3.47. The molecule has 1 aliphatic rings. The van der Waals surface area contributed by atoms with Gasteiger partial charge < -0.3 is 9.84 Å². The molecule has 1 N–H and O–H groups in total. The first-order chi connectivity index (χ1) is 11.9. The molecule has 0 amide bonds. The molecule has 0 unspecified atom stereocenters. The Morgan fingerprint density at radius 2 is 2.20 bits per heavy atom. The third-order valence-electron chi connectivity index (χ3n) is 4.77. The van der Waals surface area contributed by atoms with Gasteiger partial charge in [-0.3, -0.25) is 0 Å². The van der Waals surface area contributed by atoms with Crippen molar-refractivity contribution in [3.05, 3.63) is 45.3 Å². The first kappa shape index (κ1) is 17.7. The first-order valence-electron chi connectivity index (χ1n) is 8.26. The van der Waals surface area contributed by atoms with Gasteiger partial charge in [0.1, 0.15) is 0 Å². The van der Waals surface area contributed by atoms with Gasteiger partial charge in [-0.25, -0.2) is 4.79 Å². The van der Waals surface area contributed by atoms with E-state index in [1.807, 2.05) is 6.07 Å². The minimum Gasteiger partial charge on any atom is -0.478 e. The third kappa shape index (κ3) is 3.33. The van der Waals surface area contributed by atoms with Crippen LogP contribution in [-0.4, -0.2) is 18.2 Å². The number of hydrogen-bond acceptors (Lipinski definition) is 4. The molecule has 2 aromatic rings. The number of aryl methyl sites for hydroxylation is 1. The van der Waals surface area contributed by atoms with Gasteiger partial charge in [-0.1, -0.05) is 19.9 Å². The molecule has 0 saturated heterocycles. The van der Waals surface area contributed by atoms with E-state index in [9.17, 15) is 15.2 Å². The second kappa shape index (κ2) is 6.62. The van der Waals surface area contributed by atoms with Gasteiger partial charge in [0.15, 0.2) is 0 Å². The maximum absolute atomic E-state index is 12.1. The summed E-state index contributed by atoms with van der Waals surface area (Å²) in [5.74, 6) is -0.893. The van der Waals surface area contributed by atoms with Crippen molar-refractivity contribution in [1.82, 2.24) is 0 Å². The Morgan fingerprint density at radius 1 is 1.44 bits per heavy atom. The van der Waals surface area contributed by atoms with Gasteiger partial charge in [0.05, 0.1) is 23.8 Å². The summed E-state index contributed by atoms with van der Waals surface area (Å²) in [6.07, 6.45) is 2.74. The predicted octanol–water partition coefficient (Wildman–Crippen LogP) is 4.65. The number of ether oxygens (including phenoxy) is 1. The van der Waals surface area contributed by atoms with E-state index < -0.39 is 5.97 Å². The van der Waals surface area contributed by atoms with Crippen LogP contribution in [0, 0.1) is 16.7 Å². The number of carboxylic acid groups (broad SMARTS) is 1. The maximum Gasteiger partial charge on any atom is 0.337 e. The molecule has 5 heteroatoms. The number of carbonyl (C=O) groups is 1. The number of nitrogens with zero attached hydrogens (tertiary/aromatic N) is 1. The molecule has 3 rings (SSSR count). The summed E-state index contributed by atoms with van der Waals surface area (Å²) < 4.78 is 5.27. The van der Waals surface area contributed by atoms with Crippen LogP contribution >= 0.6 is 11.3 Å². The summed E-state index contributed by atoms with van der Waals surface area (Å²) in [6, 6.07) is 7.53. The predicted molar refractivity (Wildman–Crippen MR) is 97.9 cm³/mol. The van der Waals surface area contributed by atoms with E-state index in [-0.39, 0.29) is 5.41 Å². The molecule has 1 aromatic carbocycles. The summed E-state index contributed by atoms with van der Waals surface area (Å²) in [4.78, 5) is 14.0. The van der Waals surface area contributed by atoms with E-state index in [1.54, 1.807) is 30.6 Å². The van der Waals surface area contributed by atoms with Gasteiger partial charge in [-0.05, 0) is 53.5 Å². The van der Waals surface area contributed by atoms with Crippen molar-refractivity contribution in [3.63, 3.8) is 0 Å². The number of methoxy groups -OCH3 is 1. The lowest BCUT2D eigenvalue weighted by Gasteiger charge is -2.29. The maximum atomic E-state index is 12.1. The Labute approximate surface area is 151 Å². The summed E-state index contributed by atoms with van der Waals surface area (Å²) in [7, 11) is 1.61. The van der Waals surface area contributed by atoms with Crippen molar-refractivity contribution in [2.45, 2.75) is 39.7 Å². The van der Waals surface area contributed by atoms with Gasteiger partial charge in [-0.15, -0.1) is 11.3 Å². The Hall–Kier alpha value is -2.16. The van der Waals surface area contributed by atoms with Crippen LogP contribution in [0.4, 0.5) is 0 Å². The van der Waals surface area contributed by atoms with Gasteiger partial charge in [0.25, 0.3) is 0 Å². The monoisotopic (exact) mass is 355 g/mol. The standard InChI is InChI=1S/C20H21NO3S/c1-20(2)7-6-16-15(9-20)17(19(22)23)18(25-16)14-8-12(10-21)4-5-13(14)11-24-3/h4-5,8H,6-7,9,11H2,1-3H3,(H,22,23). The number of thiophene rings is 1. The van der Waals surface area contributed by atoms with Gasteiger partial charge >= 0.3 is 5.97 Å². The SMILES string of the molecule is COCc1ccc(C#N)cc1-c1sc2c(c1C(=O)O)CC(C)(C)CC2. The average molecular weight is 355 g/mol. The number of carboxylic acids is 1. The van der Waals surface area contributed by atoms with E-state index >= 15 is 0 Å². The van der Waals surface area contributed by atoms with Crippen molar-refractivity contribution >= 4 is 17.3 Å². The molecule has 0 fully saturated rings. The minimum atomic E-state index is -0.893. The number of aromatic carboxylic acids is 1. The van der Waals surface area contributed by atoms with E-state index in [0.29, 0.717) is 17.7 Å². The summed E-state index contributed by atoms with van der Waals surface area (Å²) >= 11 is 1.56. The molecule has 1 heterocycles. The Bertz CT molecular complexity index is 874. The second-order valence-corrected chi connectivity index (χ2v) is 8.38. The lowest BCUT2D eigenvalue weighted by Crippen LogP contribution is -2.22. The quantitative estimate of drug-likeness (QED) is 0.867. The minimum absolute atomic E-state index is 0.111. The molecular weight excluding hydrogens is 334 g/mol. The van der Waals surface area contributed by atoms with Crippen LogP contribution in [0.25, 0.3) is 10.4 Å². The largest absolute Gasteiger partial charge is 0.478 e. The zero-order valence-electron chi connectivity index (χ0n) is 14.7. The van der Waals surface area contributed by atoms with E-state index in [4.69, 9.17) is 4.74 Å². The van der Waals surface area contributed by atoms with Gasteiger partial charge in [0.2, 0.25) is 0 Å². The van der Waals surface area contributed by atoms with Crippen molar-refractivity contribution in [2.75, 3.05) is 7.11 Å². The molecule has 1 aliphatic carbocycles. The highest BCUT2D eigenvalue weighted by Gasteiger charge is 2.33. The molecule has 4 nitrogen and oxygen atoms in total. The van der Waals surface area contributed by atoms with E-state index in [0.717, 1.165) is 45.7 Å². The highest BCUT2D eigenvalue weighted by molar-refractivity contribution is 7.16. The van der Waals surface area contributed by atoms with Crippen LogP contribution in [0.15, 0.2) is 18.2 Å². The zero-order chi connectivity index (χ0) is 18.2. The number of fused-ring (bicyclic) bond motifs is 1. The zero-order valence-corrected chi connectivity index (χ0v) is 15.5. The van der Waals surface area contributed by atoms with Crippen LogP contribution < -0.4 is 0 Å². The fraction of sp³-hybridized carbons (Fsp3) is 0.400. The smallest absolute Gasteiger partial charge is 0.337 e. The molecule has 0 saturated carbocycles. The van der Waals surface area contributed by atoms with E-state index in [1.165, 1.54) is 0 Å². The fourth-order valence-corrected chi connectivity index (χ4v) is 4.84. The van der Waals surface area contributed by atoms with Crippen molar-refractivity contribution < 1.29 is 14.6 Å². The Balaban J connectivity index is 2.24. The molecule has 0 atom stereocenters. The van der Waals surface area contributed by atoms with Crippen LogP contribution in [0.3, 0.4) is 0 Å². The second-order valence-electron chi connectivity index (χ2n) is 7.27. The van der Waals surface area contributed by atoms with Crippen LogP contribution in [-0.2, 0) is 24.2 Å². The van der Waals surface area contributed by atoms with E-state index in [2.05, 4.69) is 19.9 Å². The molecule has 1 aromatic heterocycles. The van der Waals surface area contributed by atoms with Crippen molar-refractivity contribution in [2.24, 2.45) is 5.41 Å². The third-order valence-corrected chi connectivity index (χ3v) is 6.10. The van der Waals surface area contributed by atoms with Gasteiger partial charge in [-0.2, -0.15) is 5.26 Å². The summed E-state index contributed by atoms with van der Waals surface area (Å²) in [6.45, 7) is 4.76. The lowest BCUT2D eigenvalue weighted by molar-refractivity contribution is 0.0696. The molecule has 25 heavy (non-hydrogen) atoms. The van der Waals surface area contributed by atoms with Gasteiger partial charge in [0, 0.05) is 16.9 Å². The lowest BCUT2D eigenvalue weighted by atomic mass is 9.76. The molecular formula is C20H21NO3S. The average Bonchev–Trinajstić information content (AvgIpc) is 2.92. The molecule has 0 aliphatic heterocycles. The Morgan fingerprint density at radius 3 is 2.84 bits per heavy atom. The van der Waals surface area contributed by atoms with Crippen molar-refractivity contribution in [1.29, 1.82) is 5.26 Å². The summed E-state index contributed by atoms with van der Waals surface area (Å²) in [5.41, 5.74) is 3.71. The number of nitriles is 1. The number of rotatable bonds is 4. The van der Waals surface area contributed by atoms with Crippen LogP contribution in [0.5, 0.6) is 0 Å². The molecule has 0 spiro atoms. The number of benzene rings is 1. The topological polar surface area (TPSA) is 70.3 Å².